The number of nitrogens with zero attached hydrogens (tertiary/aromatic N) is 7. The second-order valence-corrected chi connectivity index (χ2v) is 17.4. The minimum atomic E-state index is -0.686. The number of fused-ring (bicyclic) bond motifs is 3. The first-order chi connectivity index (χ1) is 25.9. The molecule has 7 heterocycles. The van der Waals surface area contributed by atoms with Gasteiger partial charge in [-0.25, -0.2) is 14.4 Å². The minimum Gasteiger partial charge on any atom is -0.365 e. The highest BCUT2D eigenvalue weighted by Crippen LogP contribution is 2.52. The second kappa shape index (κ2) is 13.1. The zero-order chi connectivity index (χ0) is 37.5. The highest BCUT2D eigenvalue weighted by molar-refractivity contribution is 6.09. The number of amides is 2. The van der Waals surface area contributed by atoms with Crippen LogP contribution in [0.3, 0.4) is 0 Å². The van der Waals surface area contributed by atoms with Gasteiger partial charge in [-0.2, -0.15) is 0 Å². The maximum Gasteiger partial charge on any atom is 0.251 e. The van der Waals surface area contributed by atoms with Crippen molar-refractivity contribution in [1.82, 2.24) is 29.3 Å². The molecule has 1 saturated carbocycles. The number of hydrogen-bond acceptors (Lipinski definition) is 8. The third kappa shape index (κ3) is 5.87. The lowest BCUT2D eigenvalue weighted by atomic mass is 9.73. The number of nitrogens with one attached hydrogen (secondary N) is 1. The normalized spacial score (nSPS) is 26.2. The molecule has 0 bridgehead atoms. The van der Waals surface area contributed by atoms with Crippen LogP contribution >= 0.6 is 0 Å². The predicted octanol–water partition coefficient (Wildman–Crippen LogP) is 6.99. The number of carbonyl (C=O) groups excluding carboxylic acids is 2. The molecule has 5 aliphatic rings. The van der Waals surface area contributed by atoms with E-state index in [1.165, 1.54) is 12.6 Å². The Kier molecular flexibility index (Phi) is 8.57. The summed E-state index contributed by atoms with van der Waals surface area (Å²) in [4.78, 5) is 48.8. The molecule has 3 saturated heterocycles. The fraction of sp³-hybridized carbons (Fsp3) is 0.548. The Morgan fingerprint density at radius 3 is 2.52 bits per heavy atom. The summed E-state index contributed by atoms with van der Waals surface area (Å²) >= 11 is 0. The summed E-state index contributed by atoms with van der Waals surface area (Å²) in [6.07, 6.45) is 10.2. The Morgan fingerprint density at radius 2 is 1.83 bits per heavy atom. The standard InChI is InChI=1S/C42H51FN8O3/c1-25(2)50-24-45-34-21-33(47-38(37(34)50)46-32-10-14-44-22-31(32)43)27-7-8-30-35(18-27)51(29-19-28(20-29)49-15-11-41(4,5)23-49)40(53)42(30)12-16-48(17-13-42)39(52)36-9-6-26(3)54-36/h7-8,10,14,18,21-22,24-26,28-29,36H,6,9,11-13,15-17,19-20,23H2,1-5H3,(H,44,46,47)/t26-,28?,29?,36-/m1/s1. The van der Waals surface area contributed by atoms with Gasteiger partial charge in [-0.15, -0.1) is 0 Å². The molecule has 1 spiro atoms. The summed E-state index contributed by atoms with van der Waals surface area (Å²) in [5.74, 6) is 0.240. The minimum absolute atomic E-state index is 0.0554. The van der Waals surface area contributed by atoms with Crippen molar-refractivity contribution in [3.8, 4) is 11.3 Å². The van der Waals surface area contributed by atoms with E-state index in [1.54, 1.807) is 18.6 Å². The fourth-order valence-corrected chi connectivity index (χ4v) is 9.72. The van der Waals surface area contributed by atoms with Crippen molar-refractivity contribution in [2.45, 2.75) is 115 Å². The molecule has 1 aromatic carbocycles. The molecule has 4 aromatic rings. The number of rotatable bonds is 7. The Morgan fingerprint density at radius 1 is 1.04 bits per heavy atom. The SMILES string of the molecule is CC(C)n1cnc2cc(-c3ccc4c(c3)N(C3CC(N5CCC(C)(C)C5)C3)C(=O)C43CCN(C(=O)[C@H]4CC[C@@H](C)O4)CC3)nc(Nc3ccncc3F)c21. The van der Waals surface area contributed by atoms with Crippen molar-refractivity contribution in [3.05, 3.63) is 60.4 Å². The van der Waals surface area contributed by atoms with E-state index in [0.717, 1.165) is 66.6 Å². The molecule has 11 nitrogen and oxygen atoms in total. The molecule has 0 unspecified atom stereocenters. The van der Waals surface area contributed by atoms with Crippen molar-refractivity contribution < 1.29 is 18.7 Å². The summed E-state index contributed by atoms with van der Waals surface area (Å²) in [7, 11) is 0. The smallest absolute Gasteiger partial charge is 0.251 e. The molecule has 4 aliphatic heterocycles. The van der Waals surface area contributed by atoms with Gasteiger partial charge in [0.2, 0.25) is 5.91 Å². The monoisotopic (exact) mass is 734 g/mol. The first-order valence-corrected chi connectivity index (χ1v) is 19.8. The maximum absolute atomic E-state index is 15.0. The first kappa shape index (κ1) is 35.3. The highest BCUT2D eigenvalue weighted by atomic mass is 19.1. The van der Waals surface area contributed by atoms with Gasteiger partial charge in [0.15, 0.2) is 11.6 Å². The number of imidazole rings is 1. The van der Waals surface area contributed by atoms with Gasteiger partial charge in [-0.1, -0.05) is 26.0 Å². The number of pyridine rings is 2. The van der Waals surface area contributed by atoms with E-state index >= 15 is 0 Å². The number of halogens is 1. The third-order valence-electron chi connectivity index (χ3n) is 12.9. The number of piperidine rings is 1. The Labute approximate surface area is 316 Å². The average Bonchev–Trinajstić information content (AvgIpc) is 3.91. The molecule has 54 heavy (non-hydrogen) atoms. The van der Waals surface area contributed by atoms with E-state index < -0.39 is 11.2 Å². The maximum atomic E-state index is 15.0. The molecule has 2 atom stereocenters. The van der Waals surface area contributed by atoms with Gasteiger partial charge in [-0.05, 0) is 101 Å². The number of carbonyl (C=O) groups is 2. The van der Waals surface area contributed by atoms with Crippen LogP contribution in [0.4, 0.5) is 21.6 Å². The molecule has 1 N–H and O–H groups in total. The van der Waals surface area contributed by atoms with Crippen molar-refractivity contribution in [2.75, 3.05) is 36.4 Å². The van der Waals surface area contributed by atoms with Crippen LogP contribution in [0.25, 0.3) is 22.3 Å². The number of aromatic nitrogens is 4. The van der Waals surface area contributed by atoms with Crippen molar-refractivity contribution in [2.24, 2.45) is 5.41 Å². The lowest BCUT2D eigenvalue weighted by Gasteiger charge is -2.46. The predicted molar refractivity (Wildman–Crippen MR) is 206 cm³/mol. The van der Waals surface area contributed by atoms with Gasteiger partial charge in [-0.3, -0.25) is 19.5 Å². The summed E-state index contributed by atoms with van der Waals surface area (Å²) < 4.78 is 22.9. The number of likely N-dealkylation sites (tertiary alicyclic amines) is 2. The van der Waals surface area contributed by atoms with Gasteiger partial charge in [0.1, 0.15) is 11.6 Å². The van der Waals surface area contributed by atoms with E-state index in [0.29, 0.717) is 48.9 Å². The molecule has 0 radical (unpaired) electrons. The van der Waals surface area contributed by atoms with Crippen LogP contribution in [-0.2, 0) is 19.7 Å². The molecule has 9 rings (SSSR count). The van der Waals surface area contributed by atoms with Crippen LogP contribution in [0, 0.1) is 11.2 Å². The van der Waals surface area contributed by atoms with Gasteiger partial charge in [0.25, 0.3) is 5.91 Å². The third-order valence-corrected chi connectivity index (χ3v) is 12.9. The molecule has 2 amide bonds. The van der Waals surface area contributed by atoms with E-state index in [1.807, 2.05) is 22.5 Å². The Hall–Kier alpha value is -4.42. The van der Waals surface area contributed by atoms with E-state index in [-0.39, 0.29) is 41.8 Å². The molecule has 12 heteroatoms. The molecular weight excluding hydrogens is 684 g/mol. The molecule has 3 aromatic heterocycles. The largest absolute Gasteiger partial charge is 0.365 e. The van der Waals surface area contributed by atoms with Gasteiger partial charge in [0.05, 0.1) is 40.9 Å². The van der Waals surface area contributed by atoms with Crippen LogP contribution in [-0.4, -0.2) is 91.6 Å². The summed E-state index contributed by atoms with van der Waals surface area (Å²) in [5.41, 5.74) is 4.97. The lowest BCUT2D eigenvalue weighted by Crippen LogP contribution is -2.58. The van der Waals surface area contributed by atoms with Crippen molar-refractivity contribution in [1.29, 1.82) is 0 Å². The van der Waals surface area contributed by atoms with Crippen LogP contribution in [0.15, 0.2) is 49.1 Å². The summed E-state index contributed by atoms with van der Waals surface area (Å²) in [6.45, 7) is 14.1. The highest BCUT2D eigenvalue weighted by Gasteiger charge is 2.56. The van der Waals surface area contributed by atoms with Crippen molar-refractivity contribution >= 4 is 40.0 Å². The zero-order valence-corrected chi connectivity index (χ0v) is 32.0. The number of anilines is 3. The van der Waals surface area contributed by atoms with E-state index in [9.17, 15) is 14.0 Å². The summed E-state index contributed by atoms with van der Waals surface area (Å²) in [5, 5.41) is 3.23. The Bertz CT molecular complexity index is 2120. The van der Waals surface area contributed by atoms with Gasteiger partial charge < -0.3 is 24.4 Å². The Balaban J connectivity index is 1.07. The topological polar surface area (TPSA) is 109 Å². The van der Waals surface area contributed by atoms with Crippen molar-refractivity contribution in [3.63, 3.8) is 0 Å². The quantitative estimate of drug-likeness (QED) is 0.217. The van der Waals surface area contributed by atoms with Crippen LogP contribution in [0.1, 0.15) is 91.2 Å². The number of hydrogen-bond donors (Lipinski definition) is 1. The molecule has 284 valence electrons. The first-order valence-electron chi connectivity index (χ1n) is 19.8. The second-order valence-electron chi connectivity index (χ2n) is 17.4. The van der Waals surface area contributed by atoms with E-state index in [2.05, 4.69) is 66.0 Å². The van der Waals surface area contributed by atoms with Crippen LogP contribution < -0.4 is 10.2 Å². The zero-order valence-electron chi connectivity index (χ0n) is 32.0. The lowest BCUT2D eigenvalue weighted by molar-refractivity contribution is -0.145. The summed E-state index contributed by atoms with van der Waals surface area (Å²) in [6, 6.07) is 10.6. The van der Waals surface area contributed by atoms with Gasteiger partial charge in [0, 0.05) is 55.2 Å². The fourth-order valence-electron chi connectivity index (χ4n) is 9.72. The average molecular weight is 735 g/mol. The number of benzene rings is 1. The molecular formula is C42H51FN8O3. The molecule has 4 fully saturated rings. The van der Waals surface area contributed by atoms with E-state index in [4.69, 9.17) is 14.7 Å². The van der Waals surface area contributed by atoms with Crippen LogP contribution in [0.5, 0.6) is 0 Å². The van der Waals surface area contributed by atoms with Crippen LogP contribution in [0.2, 0.25) is 0 Å². The molecule has 1 aliphatic carbocycles. The number of ether oxygens (including phenoxy) is 1. The van der Waals surface area contributed by atoms with Gasteiger partial charge >= 0.3 is 0 Å².